The molecular weight excluding hydrogens is 194 g/mol. The van der Waals surface area contributed by atoms with Gasteiger partial charge in [-0.1, -0.05) is 13.8 Å². The lowest BCUT2D eigenvalue weighted by atomic mass is 10.3. The van der Waals surface area contributed by atoms with E-state index in [1.807, 2.05) is 0 Å². The van der Waals surface area contributed by atoms with Crippen LogP contribution in [0.5, 0.6) is 0 Å². The normalized spacial score (nSPS) is 14.4. The van der Waals surface area contributed by atoms with Gasteiger partial charge >= 0.3 is 8.56 Å². The Bertz CT molecular complexity index is 132. The first-order chi connectivity index (χ1) is 6.64. The maximum atomic E-state index is 5.55. The fraction of sp³-hybridized carbons (Fsp3) is 1.00. The molecule has 0 aromatic rings. The van der Waals surface area contributed by atoms with E-state index in [9.17, 15) is 0 Å². The zero-order valence-electron chi connectivity index (χ0n) is 10.2. The fourth-order valence-electron chi connectivity index (χ4n) is 1.64. The predicted octanol–water partition coefficient (Wildman–Crippen LogP) is 2.13. The van der Waals surface area contributed by atoms with Gasteiger partial charge in [0.25, 0.3) is 0 Å². The second-order valence-corrected chi connectivity index (χ2v) is 7.51. The van der Waals surface area contributed by atoms with E-state index in [-0.39, 0.29) is 0 Å². The molecule has 0 radical (unpaired) electrons. The smallest absolute Gasteiger partial charge is 0.337 e. The molecule has 0 aromatic carbocycles. The SMILES string of the molecule is CCNC(C)CC[Si](CC)(OC)OC. The van der Waals surface area contributed by atoms with Crippen LogP contribution >= 0.6 is 0 Å². The molecule has 4 heteroatoms. The van der Waals surface area contributed by atoms with Crippen molar-refractivity contribution in [3.63, 3.8) is 0 Å². The number of hydrogen-bond donors (Lipinski definition) is 1. The third-order valence-electron chi connectivity index (χ3n) is 2.79. The molecule has 0 amide bonds. The summed E-state index contributed by atoms with van der Waals surface area (Å²) in [7, 11) is 1.70. The third kappa shape index (κ3) is 4.55. The molecule has 0 saturated heterocycles. The lowest BCUT2D eigenvalue weighted by Crippen LogP contribution is -2.40. The van der Waals surface area contributed by atoms with Gasteiger partial charge in [0.15, 0.2) is 0 Å². The zero-order valence-corrected chi connectivity index (χ0v) is 11.2. The Balaban J connectivity index is 3.92. The van der Waals surface area contributed by atoms with E-state index in [0.717, 1.165) is 25.1 Å². The zero-order chi connectivity index (χ0) is 11.0. The summed E-state index contributed by atoms with van der Waals surface area (Å²) in [5, 5.41) is 3.40. The van der Waals surface area contributed by atoms with Crippen molar-refractivity contribution in [2.24, 2.45) is 0 Å². The Hall–Kier alpha value is 0.0969. The summed E-state index contributed by atoms with van der Waals surface area (Å²) in [6.45, 7) is 7.52. The van der Waals surface area contributed by atoms with Crippen molar-refractivity contribution in [3.8, 4) is 0 Å². The van der Waals surface area contributed by atoms with Gasteiger partial charge in [0.05, 0.1) is 0 Å². The van der Waals surface area contributed by atoms with Gasteiger partial charge in [-0.15, -0.1) is 0 Å². The van der Waals surface area contributed by atoms with Gasteiger partial charge in [-0.3, -0.25) is 0 Å². The van der Waals surface area contributed by atoms with Crippen LogP contribution in [0, 0.1) is 0 Å². The largest absolute Gasteiger partial charge is 0.398 e. The molecule has 1 atom stereocenters. The van der Waals surface area contributed by atoms with Crippen LogP contribution in [0.3, 0.4) is 0 Å². The Labute approximate surface area is 89.4 Å². The molecule has 0 aliphatic rings. The standard InChI is InChI=1S/C10H25NO2Si/c1-6-11-10(3)8-9-14(7-2,12-4)13-5/h10-11H,6-9H2,1-5H3. The number of hydrogen-bond acceptors (Lipinski definition) is 3. The first-order valence-corrected chi connectivity index (χ1v) is 7.70. The molecule has 1 unspecified atom stereocenters. The Kier molecular flexibility index (Phi) is 7.45. The summed E-state index contributed by atoms with van der Waals surface area (Å²) >= 11 is 0. The highest BCUT2D eigenvalue weighted by Gasteiger charge is 2.32. The molecule has 0 spiro atoms. The summed E-state index contributed by atoms with van der Waals surface area (Å²) in [6, 6.07) is 2.66. The average Bonchev–Trinajstić information content (AvgIpc) is 2.21. The molecule has 86 valence electrons. The lowest BCUT2D eigenvalue weighted by molar-refractivity contribution is 0.240. The van der Waals surface area contributed by atoms with Crippen LogP contribution in [0.4, 0.5) is 0 Å². The van der Waals surface area contributed by atoms with E-state index in [1.165, 1.54) is 0 Å². The van der Waals surface area contributed by atoms with Crippen molar-refractivity contribution in [1.82, 2.24) is 5.32 Å². The van der Waals surface area contributed by atoms with Gasteiger partial charge < -0.3 is 14.2 Å². The van der Waals surface area contributed by atoms with Gasteiger partial charge in [0, 0.05) is 20.3 Å². The second kappa shape index (κ2) is 7.40. The van der Waals surface area contributed by atoms with E-state index in [1.54, 1.807) is 14.2 Å². The molecule has 14 heavy (non-hydrogen) atoms. The molecule has 3 nitrogen and oxygen atoms in total. The Morgan fingerprint density at radius 3 is 2.14 bits per heavy atom. The van der Waals surface area contributed by atoms with Crippen molar-refractivity contribution in [2.45, 2.75) is 45.3 Å². The third-order valence-corrected chi connectivity index (χ3v) is 6.41. The molecule has 0 aromatic heterocycles. The van der Waals surface area contributed by atoms with E-state index < -0.39 is 8.56 Å². The molecule has 0 rings (SSSR count). The summed E-state index contributed by atoms with van der Waals surface area (Å²) < 4.78 is 11.1. The molecule has 0 heterocycles. The maximum Gasteiger partial charge on any atom is 0.337 e. The quantitative estimate of drug-likeness (QED) is 0.634. The van der Waals surface area contributed by atoms with Crippen LogP contribution in [0.15, 0.2) is 0 Å². The Morgan fingerprint density at radius 2 is 1.79 bits per heavy atom. The van der Waals surface area contributed by atoms with Gasteiger partial charge in [-0.2, -0.15) is 0 Å². The van der Waals surface area contributed by atoms with E-state index in [4.69, 9.17) is 8.85 Å². The highest BCUT2D eigenvalue weighted by Crippen LogP contribution is 2.19. The van der Waals surface area contributed by atoms with Gasteiger partial charge in [0.2, 0.25) is 0 Å². The van der Waals surface area contributed by atoms with Crippen LogP contribution in [-0.2, 0) is 8.85 Å². The predicted molar refractivity (Wildman–Crippen MR) is 62.8 cm³/mol. The molecule has 0 aliphatic carbocycles. The minimum atomic E-state index is -1.85. The van der Waals surface area contributed by atoms with Gasteiger partial charge in [0.1, 0.15) is 0 Å². The van der Waals surface area contributed by atoms with Crippen LogP contribution in [0.2, 0.25) is 12.1 Å². The average molecular weight is 219 g/mol. The summed E-state index contributed by atoms with van der Waals surface area (Å²) in [5.41, 5.74) is 0. The van der Waals surface area contributed by atoms with Crippen LogP contribution in [0.25, 0.3) is 0 Å². The minimum absolute atomic E-state index is 0.559. The fourth-order valence-corrected chi connectivity index (χ4v) is 4.02. The topological polar surface area (TPSA) is 30.5 Å². The summed E-state index contributed by atoms with van der Waals surface area (Å²) in [4.78, 5) is 0. The van der Waals surface area contributed by atoms with Crippen molar-refractivity contribution in [2.75, 3.05) is 20.8 Å². The molecule has 1 N–H and O–H groups in total. The highest BCUT2D eigenvalue weighted by molar-refractivity contribution is 6.67. The minimum Gasteiger partial charge on any atom is -0.398 e. The van der Waals surface area contributed by atoms with Crippen LogP contribution in [-0.4, -0.2) is 35.4 Å². The number of rotatable bonds is 8. The maximum absolute atomic E-state index is 5.55. The summed E-state index contributed by atoms with van der Waals surface area (Å²) in [6.07, 6.45) is 1.13. The van der Waals surface area contributed by atoms with Crippen LogP contribution in [0.1, 0.15) is 27.2 Å². The second-order valence-electron chi connectivity index (χ2n) is 3.67. The van der Waals surface area contributed by atoms with Crippen molar-refractivity contribution >= 4 is 8.56 Å². The lowest BCUT2D eigenvalue weighted by Gasteiger charge is -2.27. The van der Waals surface area contributed by atoms with E-state index in [0.29, 0.717) is 6.04 Å². The van der Waals surface area contributed by atoms with E-state index >= 15 is 0 Å². The van der Waals surface area contributed by atoms with Crippen molar-refractivity contribution < 1.29 is 8.85 Å². The van der Waals surface area contributed by atoms with Gasteiger partial charge in [-0.05, 0) is 32.0 Å². The van der Waals surface area contributed by atoms with E-state index in [2.05, 4.69) is 26.1 Å². The molecule has 0 bridgehead atoms. The van der Waals surface area contributed by atoms with Crippen molar-refractivity contribution in [1.29, 1.82) is 0 Å². The van der Waals surface area contributed by atoms with Crippen LogP contribution < -0.4 is 5.32 Å². The first kappa shape index (κ1) is 14.1. The van der Waals surface area contributed by atoms with Gasteiger partial charge in [-0.25, -0.2) is 0 Å². The molecule has 0 saturated carbocycles. The highest BCUT2D eigenvalue weighted by atomic mass is 28.4. The number of nitrogens with one attached hydrogen (secondary N) is 1. The van der Waals surface area contributed by atoms with Crippen molar-refractivity contribution in [3.05, 3.63) is 0 Å². The molecular formula is C10H25NO2Si. The first-order valence-electron chi connectivity index (χ1n) is 5.47. The summed E-state index contributed by atoms with van der Waals surface area (Å²) in [5.74, 6) is 0. The molecule has 0 aliphatic heterocycles. The monoisotopic (exact) mass is 219 g/mol. The molecule has 0 fully saturated rings. The Morgan fingerprint density at radius 1 is 1.21 bits per heavy atom.